The van der Waals surface area contributed by atoms with E-state index in [4.69, 9.17) is 18.9 Å². The number of aliphatic hydroxyl groups is 8. The standard InChI is InChI=1S/C44H85NO13/c1-3-5-7-9-11-13-14-15-16-17-18-19-20-22-24-26-28-36(49)45-32(33(48)27-25-23-21-12-10-8-6-4-2)31-55-43-41(54)39(52)42(35(30-47)57-43)58-44-40(53)38(51)37(50)34(29-46)56-44/h32-35,37-44,46-48,50-54H,3-31H2,1-2H3,(H,45,49). The van der Waals surface area contributed by atoms with Crippen LogP contribution in [0.5, 0.6) is 0 Å². The van der Waals surface area contributed by atoms with Crippen LogP contribution >= 0.6 is 0 Å². The molecule has 2 aliphatic rings. The van der Waals surface area contributed by atoms with Crippen LogP contribution in [-0.2, 0) is 23.7 Å². The number of unbranched alkanes of at least 4 members (excludes halogenated alkanes) is 22. The summed E-state index contributed by atoms with van der Waals surface area (Å²) in [5, 5.41) is 86.4. The first-order valence-electron chi connectivity index (χ1n) is 23.3. The Morgan fingerprint density at radius 2 is 0.983 bits per heavy atom. The molecule has 2 aliphatic heterocycles. The minimum Gasteiger partial charge on any atom is -0.394 e. The molecule has 12 atom stereocenters. The topological polar surface area (TPSA) is 228 Å². The summed E-state index contributed by atoms with van der Waals surface area (Å²) in [6.45, 7) is 2.80. The second kappa shape index (κ2) is 32.7. The molecule has 2 heterocycles. The number of ether oxygens (including phenoxy) is 4. The van der Waals surface area contributed by atoms with E-state index in [2.05, 4.69) is 19.2 Å². The van der Waals surface area contributed by atoms with Crippen molar-refractivity contribution in [2.75, 3.05) is 19.8 Å². The van der Waals surface area contributed by atoms with Gasteiger partial charge in [0, 0.05) is 6.42 Å². The highest BCUT2D eigenvalue weighted by Crippen LogP contribution is 2.30. The molecule has 2 fully saturated rings. The predicted molar refractivity (Wildman–Crippen MR) is 222 cm³/mol. The van der Waals surface area contributed by atoms with Gasteiger partial charge in [-0.05, 0) is 12.8 Å². The van der Waals surface area contributed by atoms with Crippen molar-refractivity contribution >= 4 is 5.91 Å². The van der Waals surface area contributed by atoms with Gasteiger partial charge in [0.05, 0.1) is 32.0 Å². The molecule has 2 saturated heterocycles. The summed E-state index contributed by atoms with van der Waals surface area (Å²) in [5.41, 5.74) is 0. The van der Waals surface area contributed by atoms with Crippen LogP contribution in [0, 0.1) is 0 Å². The Labute approximate surface area is 349 Å². The normalized spacial score (nSPS) is 28.7. The number of amides is 1. The van der Waals surface area contributed by atoms with Crippen LogP contribution in [0.3, 0.4) is 0 Å². The van der Waals surface area contributed by atoms with Crippen LogP contribution in [0.2, 0.25) is 0 Å². The van der Waals surface area contributed by atoms with Gasteiger partial charge in [-0.1, -0.05) is 162 Å². The largest absolute Gasteiger partial charge is 0.394 e. The van der Waals surface area contributed by atoms with Gasteiger partial charge >= 0.3 is 0 Å². The van der Waals surface area contributed by atoms with Gasteiger partial charge in [-0.25, -0.2) is 0 Å². The zero-order valence-electron chi connectivity index (χ0n) is 36.1. The van der Waals surface area contributed by atoms with Gasteiger partial charge in [0.1, 0.15) is 48.8 Å². The van der Waals surface area contributed by atoms with Crippen LogP contribution in [0.15, 0.2) is 0 Å². The molecule has 0 radical (unpaired) electrons. The number of hydrogen-bond donors (Lipinski definition) is 9. The molecule has 0 bridgehead atoms. The summed E-state index contributed by atoms with van der Waals surface area (Å²) in [6.07, 6.45) is 12.7. The van der Waals surface area contributed by atoms with E-state index < -0.39 is 86.8 Å². The van der Waals surface area contributed by atoms with Crippen LogP contribution < -0.4 is 5.32 Å². The number of carbonyl (C=O) groups is 1. The molecule has 0 aliphatic carbocycles. The average molecular weight is 836 g/mol. The maximum absolute atomic E-state index is 13.1. The van der Waals surface area contributed by atoms with Gasteiger partial charge < -0.3 is 65.1 Å². The molecule has 0 aromatic heterocycles. The van der Waals surface area contributed by atoms with Crippen molar-refractivity contribution in [3.05, 3.63) is 0 Å². The SMILES string of the molecule is CCCCCCCCCCCCCCCCCCC(=O)NC(COC1OC(CO)C(OC2OC(CO)C(O)C(O)C2O)C(O)C1O)C(O)CCCCCCCCCC. The monoisotopic (exact) mass is 836 g/mol. The fourth-order valence-electron chi connectivity index (χ4n) is 7.94. The van der Waals surface area contributed by atoms with Crippen LogP contribution in [-0.4, -0.2) is 140 Å². The molecule has 0 aromatic rings. The third-order valence-electron chi connectivity index (χ3n) is 11.8. The number of carbonyl (C=O) groups excluding carboxylic acids is 1. The maximum atomic E-state index is 13.1. The molecule has 2 rings (SSSR count). The van der Waals surface area contributed by atoms with Crippen LogP contribution in [0.1, 0.15) is 181 Å². The Bertz CT molecular complexity index is 993. The third kappa shape index (κ3) is 20.7. The molecular weight excluding hydrogens is 750 g/mol. The smallest absolute Gasteiger partial charge is 0.220 e. The summed E-state index contributed by atoms with van der Waals surface area (Å²) < 4.78 is 22.6. The summed E-state index contributed by atoms with van der Waals surface area (Å²) in [7, 11) is 0. The zero-order valence-corrected chi connectivity index (χ0v) is 36.1. The molecule has 0 spiro atoms. The lowest BCUT2D eigenvalue weighted by atomic mass is 9.97. The Balaban J connectivity index is 1.83. The average Bonchev–Trinajstić information content (AvgIpc) is 3.22. The summed E-state index contributed by atoms with van der Waals surface area (Å²) in [4.78, 5) is 13.1. The van der Waals surface area contributed by atoms with Crippen LogP contribution in [0.4, 0.5) is 0 Å². The molecule has 9 N–H and O–H groups in total. The summed E-state index contributed by atoms with van der Waals surface area (Å²) >= 11 is 0. The summed E-state index contributed by atoms with van der Waals surface area (Å²) in [5.74, 6) is -0.208. The lowest BCUT2D eigenvalue weighted by Crippen LogP contribution is -2.65. The zero-order chi connectivity index (χ0) is 42.5. The van der Waals surface area contributed by atoms with Gasteiger partial charge in [0.15, 0.2) is 12.6 Å². The van der Waals surface area contributed by atoms with Gasteiger partial charge in [0.2, 0.25) is 5.91 Å². The number of rotatable bonds is 35. The fraction of sp³-hybridized carbons (Fsp3) is 0.977. The van der Waals surface area contributed by atoms with E-state index in [1.807, 2.05) is 0 Å². The van der Waals surface area contributed by atoms with E-state index in [0.717, 1.165) is 51.4 Å². The van der Waals surface area contributed by atoms with Crippen molar-refractivity contribution < 1.29 is 64.6 Å². The molecule has 14 heteroatoms. The van der Waals surface area contributed by atoms with Gasteiger partial charge in [-0.15, -0.1) is 0 Å². The van der Waals surface area contributed by atoms with Crippen LogP contribution in [0.25, 0.3) is 0 Å². The number of hydrogen-bond acceptors (Lipinski definition) is 13. The molecule has 58 heavy (non-hydrogen) atoms. The molecule has 12 unspecified atom stereocenters. The first kappa shape index (κ1) is 53.1. The Morgan fingerprint density at radius 1 is 0.552 bits per heavy atom. The third-order valence-corrected chi connectivity index (χ3v) is 11.8. The minimum absolute atomic E-state index is 0.208. The van der Waals surface area contributed by atoms with Crippen molar-refractivity contribution in [3.63, 3.8) is 0 Å². The van der Waals surface area contributed by atoms with E-state index in [1.165, 1.54) is 103 Å². The maximum Gasteiger partial charge on any atom is 0.220 e. The Kier molecular flexibility index (Phi) is 29.9. The molecule has 14 nitrogen and oxygen atoms in total. The van der Waals surface area contributed by atoms with Crippen molar-refractivity contribution in [2.45, 2.75) is 254 Å². The van der Waals surface area contributed by atoms with E-state index in [1.54, 1.807) is 0 Å². The lowest BCUT2D eigenvalue weighted by Gasteiger charge is -2.46. The molecule has 344 valence electrons. The van der Waals surface area contributed by atoms with Gasteiger partial charge in [-0.2, -0.15) is 0 Å². The van der Waals surface area contributed by atoms with Crippen molar-refractivity contribution in [1.29, 1.82) is 0 Å². The molecule has 0 saturated carbocycles. The first-order valence-corrected chi connectivity index (χ1v) is 23.3. The molecular formula is C44H85NO13. The Morgan fingerprint density at radius 3 is 1.47 bits per heavy atom. The quantitative estimate of drug-likeness (QED) is 0.0397. The molecule has 0 aromatic carbocycles. The van der Waals surface area contributed by atoms with E-state index in [-0.39, 0.29) is 12.5 Å². The highest BCUT2D eigenvalue weighted by atomic mass is 16.7. The van der Waals surface area contributed by atoms with Crippen molar-refractivity contribution in [2.24, 2.45) is 0 Å². The van der Waals surface area contributed by atoms with E-state index in [9.17, 15) is 45.6 Å². The second-order valence-electron chi connectivity index (χ2n) is 16.9. The van der Waals surface area contributed by atoms with E-state index in [0.29, 0.717) is 12.8 Å². The minimum atomic E-state index is -1.78. The van der Waals surface area contributed by atoms with Crippen molar-refractivity contribution in [1.82, 2.24) is 5.32 Å². The highest BCUT2D eigenvalue weighted by Gasteiger charge is 2.51. The predicted octanol–water partition coefficient (Wildman–Crippen LogP) is 4.66. The van der Waals surface area contributed by atoms with Gasteiger partial charge in [-0.3, -0.25) is 4.79 Å². The highest BCUT2D eigenvalue weighted by molar-refractivity contribution is 5.76. The molecule has 1 amide bonds. The van der Waals surface area contributed by atoms with Gasteiger partial charge in [0.25, 0.3) is 0 Å². The fourth-order valence-corrected chi connectivity index (χ4v) is 7.94. The lowest BCUT2D eigenvalue weighted by molar-refractivity contribution is -0.359. The summed E-state index contributed by atoms with van der Waals surface area (Å²) in [6, 6.07) is -0.818. The van der Waals surface area contributed by atoms with E-state index >= 15 is 0 Å². The first-order chi connectivity index (χ1) is 28.1. The van der Waals surface area contributed by atoms with Crippen molar-refractivity contribution in [3.8, 4) is 0 Å². The number of nitrogens with one attached hydrogen (secondary N) is 1. The Hall–Kier alpha value is -1.01. The number of aliphatic hydroxyl groups excluding tert-OH is 8. The second-order valence-corrected chi connectivity index (χ2v) is 16.9.